The topological polar surface area (TPSA) is 46.3 Å². The quantitative estimate of drug-likeness (QED) is 0.820. The van der Waals surface area contributed by atoms with Gasteiger partial charge in [0.15, 0.2) is 0 Å². The summed E-state index contributed by atoms with van der Waals surface area (Å²) in [5.41, 5.74) is 5.97. The summed E-state index contributed by atoms with van der Waals surface area (Å²) in [5, 5.41) is 0. The SMILES string of the molecule is CC(C)C[C@H](N)C(=O)N(C)C1CCCC(C)C1. The molecule has 1 aliphatic rings. The Morgan fingerprint density at radius 2 is 2.06 bits per heavy atom. The Balaban J connectivity index is 2.50. The van der Waals surface area contributed by atoms with Crippen molar-refractivity contribution in [1.82, 2.24) is 4.90 Å². The summed E-state index contributed by atoms with van der Waals surface area (Å²) in [6.07, 6.45) is 5.60. The monoisotopic (exact) mass is 240 g/mol. The number of nitrogens with zero attached hydrogens (tertiary/aromatic N) is 1. The van der Waals surface area contributed by atoms with Crippen molar-refractivity contribution < 1.29 is 4.79 Å². The second kappa shape index (κ2) is 6.39. The molecule has 0 heterocycles. The maximum atomic E-state index is 12.2. The van der Waals surface area contributed by atoms with Gasteiger partial charge in [0.25, 0.3) is 0 Å². The van der Waals surface area contributed by atoms with Crippen molar-refractivity contribution in [2.24, 2.45) is 17.6 Å². The van der Waals surface area contributed by atoms with Gasteiger partial charge in [-0.1, -0.05) is 33.6 Å². The Morgan fingerprint density at radius 3 is 2.59 bits per heavy atom. The van der Waals surface area contributed by atoms with E-state index in [1.807, 2.05) is 11.9 Å². The van der Waals surface area contributed by atoms with Crippen LogP contribution in [0.1, 0.15) is 52.9 Å². The van der Waals surface area contributed by atoms with E-state index in [0.29, 0.717) is 12.0 Å². The molecule has 0 spiro atoms. The highest BCUT2D eigenvalue weighted by molar-refractivity contribution is 5.81. The Labute approximate surface area is 106 Å². The van der Waals surface area contributed by atoms with Crippen LogP contribution in [-0.2, 0) is 4.79 Å². The van der Waals surface area contributed by atoms with Crippen LogP contribution in [0.4, 0.5) is 0 Å². The van der Waals surface area contributed by atoms with Crippen LogP contribution < -0.4 is 5.73 Å². The smallest absolute Gasteiger partial charge is 0.239 e. The summed E-state index contributed by atoms with van der Waals surface area (Å²) in [6, 6.07) is 0.0849. The predicted molar refractivity (Wildman–Crippen MR) is 71.6 cm³/mol. The lowest BCUT2D eigenvalue weighted by molar-refractivity contribution is -0.134. The van der Waals surface area contributed by atoms with Crippen LogP contribution in [0.15, 0.2) is 0 Å². The van der Waals surface area contributed by atoms with Crippen molar-refractivity contribution in [3.63, 3.8) is 0 Å². The zero-order chi connectivity index (χ0) is 13.0. The van der Waals surface area contributed by atoms with E-state index < -0.39 is 0 Å². The number of nitrogens with two attached hydrogens (primary N) is 1. The summed E-state index contributed by atoms with van der Waals surface area (Å²) in [5.74, 6) is 1.34. The van der Waals surface area contributed by atoms with Gasteiger partial charge in [-0.3, -0.25) is 4.79 Å². The normalized spacial score (nSPS) is 26.9. The first-order valence-electron chi connectivity index (χ1n) is 6.94. The molecule has 0 aromatic heterocycles. The van der Waals surface area contributed by atoms with Gasteiger partial charge in [0.1, 0.15) is 0 Å². The van der Waals surface area contributed by atoms with Crippen LogP contribution in [0.2, 0.25) is 0 Å². The van der Waals surface area contributed by atoms with Crippen LogP contribution in [0.3, 0.4) is 0 Å². The van der Waals surface area contributed by atoms with Gasteiger partial charge in [-0.05, 0) is 31.1 Å². The van der Waals surface area contributed by atoms with Gasteiger partial charge < -0.3 is 10.6 Å². The van der Waals surface area contributed by atoms with E-state index in [-0.39, 0.29) is 11.9 Å². The van der Waals surface area contributed by atoms with Crippen molar-refractivity contribution in [3.8, 4) is 0 Å². The van der Waals surface area contributed by atoms with Gasteiger partial charge in [-0.2, -0.15) is 0 Å². The van der Waals surface area contributed by atoms with Gasteiger partial charge >= 0.3 is 0 Å². The lowest BCUT2D eigenvalue weighted by atomic mass is 9.86. The van der Waals surface area contributed by atoms with Gasteiger partial charge in [-0.25, -0.2) is 0 Å². The third-order valence-electron chi connectivity index (χ3n) is 3.85. The first kappa shape index (κ1) is 14.5. The third kappa shape index (κ3) is 4.30. The van der Waals surface area contributed by atoms with E-state index in [1.54, 1.807) is 0 Å². The van der Waals surface area contributed by atoms with E-state index in [4.69, 9.17) is 5.73 Å². The van der Waals surface area contributed by atoms with E-state index >= 15 is 0 Å². The minimum Gasteiger partial charge on any atom is -0.341 e. The molecule has 0 aromatic carbocycles. The zero-order valence-corrected chi connectivity index (χ0v) is 11.8. The molecule has 1 aliphatic carbocycles. The second-order valence-corrected chi connectivity index (χ2v) is 6.11. The van der Waals surface area contributed by atoms with Crippen LogP contribution in [0.5, 0.6) is 0 Å². The number of carbonyl (C=O) groups excluding carboxylic acids is 1. The van der Waals surface area contributed by atoms with Crippen molar-refractivity contribution in [2.45, 2.75) is 65.0 Å². The fourth-order valence-corrected chi connectivity index (χ4v) is 2.80. The zero-order valence-electron chi connectivity index (χ0n) is 11.8. The van der Waals surface area contributed by atoms with Crippen LogP contribution in [-0.4, -0.2) is 29.9 Å². The fourth-order valence-electron chi connectivity index (χ4n) is 2.80. The van der Waals surface area contributed by atoms with Crippen LogP contribution in [0, 0.1) is 11.8 Å². The molecule has 17 heavy (non-hydrogen) atoms. The molecule has 0 aliphatic heterocycles. The van der Waals surface area contributed by atoms with Crippen molar-refractivity contribution in [2.75, 3.05) is 7.05 Å². The molecule has 3 nitrogen and oxygen atoms in total. The first-order chi connectivity index (χ1) is 7.91. The second-order valence-electron chi connectivity index (χ2n) is 6.11. The number of hydrogen-bond donors (Lipinski definition) is 1. The molecule has 0 bridgehead atoms. The molecule has 0 aromatic rings. The average molecular weight is 240 g/mol. The average Bonchev–Trinajstić information content (AvgIpc) is 2.26. The maximum Gasteiger partial charge on any atom is 0.239 e. The number of rotatable bonds is 4. The maximum absolute atomic E-state index is 12.2. The summed E-state index contributed by atoms with van der Waals surface area (Å²) in [6.45, 7) is 6.49. The van der Waals surface area contributed by atoms with E-state index in [9.17, 15) is 4.79 Å². The van der Waals surface area contributed by atoms with Crippen LogP contribution >= 0.6 is 0 Å². The van der Waals surface area contributed by atoms with Gasteiger partial charge in [0, 0.05) is 13.1 Å². The highest BCUT2D eigenvalue weighted by Crippen LogP contribution is 2.27. The molecular weight excluding hydrogens is 212 g/mol. The first-order valence-corrected chi connectivity index (χ1v) is 6.94. The number of likely N-dealkylation sites (N-methyl/N-ethyl adjacent to an activating group) is 1. The summed E-state index contributed by atoms with van der Waals surface area (Å²) < 4.78 is 0. The molecule has 1 saturated carbocycles. The number of amides is 1. The molecule has 100 valence electrons. The molecule has 2 unspecified atom stereocenters. The number of hydrogen-bond acceptors (Lipinski definition) is 2. The van der Waals surface area contributed by atoms with Gasteiger partial charge in [0.05, 0.1) is 6.04 Å². The van der Waals surface area contributed by atoms with Crippen molar-refractivity contribution in [1.29, 1.82) is 0 Å². The van der Waals surface area contributed by atoms with Crippen molar-refractivity contribution in [3.05, 3.63) is 0 Å². The molecule has 2 N–H and O–H groups in total. The van der Waals surface area contributed by atoms with E-state index in [1.165, 1.54) is 12.8 Å². The van der Waals surface area contributed by atoms with Crippen LogP contribution in [0.25, 0.3) is 0 Å². The Kier molecular flexibility index (Phi) is 5.44. The Bertz CT molecular complexity index is 253. The standard InChI is InChI=1S/C14H28N2O/c1-10(2)8-13(15)14(17)16(4)12-7-5-6-11(3)9-12/h10-13H,5-9,15H2,1-4H3/t11?,12?,13-/m0/s1. The predicted octanol–water partition coefficient (Wildman–Crippen LogP) is 2.40. The Hall–Kier alpha value is -0.570. The van der Waals surface area contributed by atoms with Crippen molar-refractivity contribution >= 4 is 5.91 Å². The number of carbonyl (C=O) groups is 1. The molecule has 1 rings (SSSR count). The molecule has 3 heteroatoms. The van der Waals surface area contributed by atoms with Gasteiger partial charge in [0.2, 0.25) is 5.91 Å². The lowest BCUT2D eigenvalue weighted by Gasteiger charge is -2.35. The highest BCUT2D eigenvalue weighted by Gasteiger charge is 2.28. The fraction of sp³-hybridized carbons (Fsp3) is 0.929. The molecule has 3 atom stereocenters. The van der Waals surface area contributed by atoms with Gasteiger partial charge in [-0.15, -0.1) is 0 Å². The molecule has 1 fully saturated rings. The van der Waals surface area contributed by atoms with E-state index in [2.05, 4.69) is 20.8 Å². The molecule has 0 saturated heterocycles. The minimum absolute atomic E-state index is 0.123. The third-order valence-corrected chi connectivity index (χ3v) is 3.85. The Morgan fingerprint density at radius 1 is 1.41 bits per heavy atom. The lowest BCUT2D eigenvalue weighted by Crippen LogP contribution is -2.48. The summed E-state index contributed by atoms with van der Waals surface area (Å²) in [7, 11) is 1.92. The summed E-state index contributed by atoms with van der Waals surface area (Å²) >= 11 is 0. The molecule has 1 amide bonds. The molecule has 0 radical (unpaired) electrons. The van der Waals surface area contributed by atoms with E-state index in [0.717, 1.165) is 25.2 Å². The minimum atomic E-state index is -0.322. The highest BCUT2D eigenvalue weighted by atomic mass is 16.2. The summed E-state index contributed by atoms with van der Waals surface area (Å²) in [4.78, 5) is 14.1. The largest absolute Gasteiger partial charge is 0.341 e. The molecular formula is C14H28N2O.